The average molecular weight is 272 g/mol. The molecule has 7 nitrogen and oxygen atoms in total. The average Bonchev–Trinajstić information content (AvgIpc) is 2.35. The lowest BCUT2D eigenvalue weighted by Crippen LogP contribution is -2.26. The van der Waals surface area contributed by atoms with Crippen molar-refractivity contribution in [3.05, 3.63) is 23.4 Å². The number of ether oxygens (including phenoxy) is 1. The molecule has 1 aromatic heterocycles. The van der Waals surface area contributed by atoms with Gasteiger partial charge in [0.05, 0.1) is 13.4 Å². The van der Waals surface area contributed by atoms with Crippen molar-refractivity contribution in [1.29, 1.82) is 0 Å². The van der Waals surface area contributed by atoms with Crippen LogP contribution >= 0.6 is 0 Å². The SMILES string of the molecule is COC(=O)c1cc(C=O)cc(N(C)S(C)(=O)=O)n1. The molecule has 0 saturated heterocycles. The molecule has 0 aliphatic rings. The Labute approximate surface area is 104 Å². The molecule has 0 radical (unpaired) electrons. The first-order valence-electron chi connectivity index (χ1n) is 4.79. The first kappa shape index (κ1) is 14.1. The molecule has 0 unspecified atom stereocenters. The van der Waals surface area contributed by atoms with Gasteiger partial charge in [-0.3, -0.25) is 9.10 Å². The van der Waals surface area contributed by atoms with Crippen molar-refractivity contribution in [2.75, 3.05) is 24.7 Å². The monoisotopic (exact) mass is 272 g/mol. The van der Waals surface area contributed by atoms with Crippen LogP contribution in [0.1, 0.15) is 20.8 Å². The second kappa shape index (κ2) is 5.13. The Balaban J connectivity index is 3.37. The summed E-state index contributed by atoms with van der Waals surface area (Å²) in [6.45, 7) is 0. The molecule has 0 atom stereocenters. The van der Waals surface area contributed by atoms with Gasteiger partial charge >= 0.3 is 5.97 Å². The second-order valence-corrected chi connectivity index (χ2v) is 5.50. The minimum Gasteiger partial charge on any atom is -0.464 e. The van der Waals surface area contributed by atoms with Crippen molar-refractivity contribution in [3.63, 3.8) is 0 Å². The summed E-state index contributed by atoms with van der Waals surface area (Å²) in [5.74, 6) is -0.774. The van der Waals surface area contributed by atoms with Gasteiger partial charge in [0.2, 0.25) is 10.0 Å². The molecule has 0 aromatic carbocycles. The van der Waals surface area contributed by atoms with Crippen LogP contribution in [0.5, 0.6) is 0 Å². The number of anilines is 1. The van der Waals surface area contributed by atoms with E-state index in [9.17, 15) is 18.0 Å². The smallest absolute Gasteiger partial charge is 0.356 e. The van der Waals surface area contributed by atoms with Crippen LogP contribution in [0.15, 0.2) is 12.1 Å². The summed E-state index contributed by atoms with van der Waals surface area (Å²) < 4.78 is 28.1. The largest absolute Gasteiger partial charge is 0.464 e. The summed E-state index contributed by atoms with van der Waals surface area (Å²) in [5.41, 5.74) is 0.00324. The van der Waals surface area contributed by atoms with Gasteiger partial charge in [-0.15, -0.1) is 0 Å². The fourth-order valence-electron chi connectivity index (χ4n) is 1.14. The Morgan fingerprint density at radius 1 is 1.44 bits per heavy atom. The third-order valence-corrected chi connectivity index (χ3v) is 3.37. The van der Waals surface area contributed by atoms with Crippen LogP contribution in [0.3, 0.4) is 0 Å². The zero-order valence-electron chi connectivity index (χ0n) is 10.1. The summed E-state index contributed by atoms with van der Waals surface area (Å²) in [6, 6.07) is 2.49. The lowest BCUT2D eigenvalue weighted by molar-refractivity contribution is 0.0594. The van der Waals surface area contributed by atoms with Crippen LogP contribution in [-0.4, -0.2) is 46.1 Å². The molecular formula is C10H12N2O5S. The van der Waals surface area contributed by atoms with E-state index in [1.165, 1.54) is 19.2 Å². The van der Waals surface area contributed by atoms with Crippen LogP contribution in [-0.2, 0) is 14.8 Å². The van der Waals surface area contributed by atoms with E-state index >= 15 is 0 Å². The highest BCUT2D eigenvalue weighted by molar-refractivity contribution is 7.92. The topological polar surface area (TPSA) is 93.6 Å². The molecular weight excluding hydrogens is 260 g/mol. The molecule has 1 heterocycles. The fraction of sp³-hybridized carbons (Fsp3) is 0.300. The quantitative estimate of drug-likeness (QED) is 0.569. The summed E-state index contributed by atoms with van der Waals surface area (Å²) in [5, 5.41) is 0. The van der Waals surface area contributed by atoms with E-state index in [-0.39, 0.29) is 17.1 Å². The predicted octanol–water partition coefficient (Wildman–Crippen LogP) is 0.0765. The van der Waals surface area contributed by atoms with Crippen molar-refractivity contribution in [2.45, 2.75) is 0 Å². The number of esters is 1. The standard InChI is InChI=1S/C10H12N2O5S/c1-12(18(3,15)16)9-5-7(6-13)4-8(11-9)10(14)17-2/h4-6H,1-3H3. The van der Waals surface area contributed by atoms with Gasteiger partial charge in [0.15, 0.2) is 5.69 Å². The number of rotatable bonds is 4. The minimum atomic E-state index is -3.53. The summed E-state index contributed by atoms with van der Waals surface area (Å²) in [6.07, 6.45) is 1.48. The Kier molecular flexibility index (Phi) is 4.02. The minimum absolute atomic E-state index is 0.0255. The summed E-state index contributed by atoms with van der Waals surface area (Å²) in [4.78, 5) is 25.9. The van der Waals surface area contributed by atoms with E-state index in [0.717, 1.165) is 17.7 Å². The van der Waals surface area contributed by atoms with E-state index < -0.39 is 16.0 Å². The predicted molar refractivity (Wildman–Crippen MR) is 64.2 cm³/mol. The first-order chi connectivity index (χ1) is 8.29. The molecule has 1 rings (SSSR count). The number of aromatic nitrogens is 1. The molecule has 1 aromatic rings. The van der Waals surface area contributed by atoms with Crippen molar-refractivity contribution >= 4 is 28.1 Å². The zero-order valence-corrected chi connectivity index (χ0v) is 10.9. The Bertz CT molecular complexity index is 582. The summed E-state index contributed by atoms with van der Waals surface area (Å²) >= 11 is 0. The van der Waals surface area contributed by atoms with E-state index in [0.29, 0.717) is 6.29 Å². The van der Waals surface area contributed by atoms with Crippen LogP contribution in [0.4, 0.5) is 5.82 Å². The molecule has 0 fully saturated rings. The zero-order chi connectivity index (χ0) is 13.9. The molecule has 0 aliphatic heterocycles. The highest BCUT2D eigenvalue weighted by Gasteiger charge is 2.17. The van der Waals surface area contributed by atoms with Gasteiger partial charge in [-0.1, -0.05) is 0 Å². The van der Waals surface area contributed by atoms with Crippen LogP contribution < -0.4 is 4.31 Å². The number of carbonyl (C=O) groups excluding carboxylic acids is 2. The molecule has 0 aliphatic carbocycles. The van der Waals surface area contributed by atoms with E-state index in [1.54, 1.807) is 0 Å². The molecule has 0 amide bonds. The van der Waals surface area contributed by atoms with Crippen LogP contribution in [0, 0.1) is 0 Å². The van der Waals surface area contributed by atoms with Crippen molar-refractivity contribution in [2.24, 2.45) is 0 Å². The number of carbonyl (C=O) groups is 2. The van der Waals surface area contributed by atoms with Gasteiger partial charge in [0, 0.05) is 12.6 Å². The third kappa shape index (κ3) is 3.04. The fourth-order valence-corrected chi connectivity index (χ4v) is 1.58. The maximum Gasteiger partial charge on any atom is 0.356 e. The first-order valence-corrected chi connectivity index (χ1v) is 6.64. The number of hydrogen-bond donors (Lipinski definition) is 0. The van der Waals surface area contributed by atoms with Crippen LogP contribution in [0.25, 0.3) is 0 Å². The maximum atomic E-state index is 11.4. The summed E-state index contributed by atoms with van der Waals surface area (Å²) in [7, 11) is -1.09. The van der Waals surface area contributed by atoms with E-state index in [2.05, 4.69) is 9.72 Å². The van der Waals surface area contributed by atoms with Gasteiger partial charge in [0.25, 0.3) is 0 Å². The van der Waals surface area contributed by atoms with Crippen LogP contribution in [0.2, 0.25) is 0 Å². The van der Waals surface area contributed by atoms with E-state index in [4.69, 9.17) is 0 Å². The normalized spacial score (nSPS) is 10.8. The Hall–Kier alpha value is -1.96. The number of methoxy groups -OCH3 is 1. The van der Waals surface area contributed by atoms with Gasteiger partial charge in [-0.25, -0.2) is 18.2 Å². The van der Waals surface area contributed by atoms with Gasteiger partial charge in [0.1, 0.15) is 12.1 Å². The highest BCUT2D eigenvalue weighted by atomic mass is 32.2. The van der Waals surface area contributed by atoms with Crippen molar-refractivity contribution < 1.29 is 22.7 Å². The number of pyridine rings is 1. The van der Waals surface area contributed by atoms with Gasteiger partial charge in [-0.2, -0.15) is 0 Å². The molecule has 0 spiro atoms. The number of aldehydes is 1. The molecule has 0 bridgehead atoms. The lowest BCUT2D eigenvalue weighted by atomic mass is 10.2. The highest BCUT2D eigenvalue weighted by Crippen LogP contribution is 2.16. The molecule has 98 valence electrons. The Morgan fingerprint density at radius 2 is 2.06 bits per heavy atom. The number of hydrogen-bond acceptors (Lipinski definition) is 6. The lowest BCUT2D eigenvalue weighted by Gasteiger charge is -2.16. The van der Waals surface area contributed by atoms with E-state index in [1.807, 2.05) is 0 Å². The van der Waals surface area contributed by atoms with Gasteiger partial charge < -0.3 is 4.74 Å². The van der Waals surface area contributed by atoms with Crippen molar-refractivity contribution in [1.82, 2.24) is 4.98 Å². The Morgan fingerprint density at radius 3 is 2.50 bits per heavy atom. The molecule has 18 heavy (non-hydrogen) atoms. The number of nitrogens with zero attached hydrogens (tertiary/aromatic N) is 2. The molecule has 8 heteroatoms. The second-order valence-electron chi connectivity index (χ2n) is 3.48. The molecule has 0 N–H and O–H groups in total. The van der Waals surface area contributed by atoms with Gasteiger partial charge in [-0.05, 0) is 12.1 Å². The number of sulfonamides is 1. The molecule has 0 saturated carbocycles. The maximum absolute atomic E-state index is 11.4. The van der Waals surface area contributed by atoms with Crippen molar-refractivity contribution in [3.8, 4) is 0 Å². The third-order valence-electron chi connectivity index (χ3n) is 2.18.